The van der Waals surface area contributed by atoms with Gasteiger partial charge in [0.05, 0.1) is 139 Å². The van der Waals surface area contributed by atoms with Crippen LogP contribution in [0.25, 0.3) is 0 Å². The van der Waals surface area contributed by atoms with Crippen LogP contribution in [0.1, 0.15) is 71.1 Å². The van der Waals surface area contributed by atoms with Crippen LogP contribution in [0.4, 0.5) is 0 Å². The van der Waals surface area contributed by atoms with Gasteiger partial charge in [-0.2, -0.15) is 0 Å². The maximum Gasteiger partial charge on any atom is 0.330 e. The predicted molar refractivity (Wildman–Crippen MR) is 192 cm³/mol. The fourth-order valence-electron chi connectivity index (χ4n) is 4.25. The quantitative estimate of drug-likeness (QED) is 0.0484. The summed E-state index contributed by atoms with van der Waals surface area (Å²) in [5, 5.41) is 0. The Morgan fingerprint density at radius 3 is 0.820 bits per heavy atom. The molecule has 50 heavy (non-hydrogen) atoms. The van der Waals surface area contributed by atoms with E-state index in [1.165, 1.54) is 57.8 Å². The second-order valence-electron chi connectivity index (χ2n) is 11.3. The third-order valence-corrected chi connectivity index (χ3v) is 7.00. The molecule has 0 spiro atoms. The molecule has 0 rings (SSSR count). The summed E-state index contributed by atoms with van der Waals surface area (Å²) in [5.41, 5.74) is 0. The summed E-state index contributed by atoms with van der Waals surface area (Å²) >= 11 is 0. The van der Waals surface area contributed by atoms with E-state index in [9.17, 15) is 4.79 Å². The van der Waals surface area contributed by atoms with Crippen LogP contribution in [-0.2, 0) is 61.6 Å². The van der Waals surface area contributed by atoms with E-state index in [0.717, 1.165) is 19.1 Å². The molecule has 0 aromatic rings. The highest BCUT2D eigenvalue weighted by Crippen LogP contribution is 2.10. The van der Waals surface area contributed by atoms with E-state index in [4.69, 9.17) is 56.8 Å². The molecule has 0 unspecified atom stereocenters. The first-order chi connectivity index (χ1) is 24.8. The van der Waals surface area contributed by atoms with Gasteiger partial charge >= 0.3 is 5.97 Å². The average molecular weight is 725 g/mol. The van der Waals surface area contributed by atoms with Crippen molar-refractivity contribution in [1.29, 1.82) is 0 Å². The fraction of sp³-hybridized carbons (Fsp3) is 0.919. The van der Waals surface area contributed by atoms with Crippen LogP contribution >= 0.6 is 0 Å². The molecule has 0 N–H and O–H groups in total. The first-order valence-corrected chi connectivity index (χ1v) is 19.0. The maximum atomic E-state index is 10.8. The molecule has 0 aliphatic carbocycles. The minimum absolute atomic E-state index is 0.200. The number of carbonyl (C=O) groups is 1. The largest absolute Gasteiger partial charge is 0.460 e. The Hall–Kier alpha value is -1.23. The first kappa shape index (κ1) is 48.8. The third kappa shape index (κ3) is 44.8. The van der Waals surface area contributed by atoms with Crippen molar-refractivity contribution in [1.82, 2.24) is 0 Å². The lowest BCUT2D eigenvalue weighted by Gasteiger charge is -2.09. The molecule has 298 valence electrons. The van der Waals surface area contributed by atoms with Gasteiger partial charge in [-0.3, -0.25) is 0 Å². The van der Waals surface area contributed by atoms with E-state index in [2.05, 4.69) is 13.5 Å². The molecule has 0 aliphatic heterocycles. The lowest BCUT2D eigenvalue weighted by molar-refractivity contribution is -0.139. The average Bonchev–Trinajstić information content (AvgIpc) is 3.13. The number of carbonyl (C=O) groups excluding carboxylic acids is 1. The van der Waals surface area contributed by atoms with E-state index in [1.807, 2.05) is 0 Å². The lowest BCUT2D eigenvalue weighted by Crippen LogP contribution is -2.15. The molecule has 0 bridgehead atoms. The monoisotopic (exact) mass is 724 g/mol. The summed E-state index contributed by atoms with van der Waals surface area (Å²) in [4.78, 5) is 10.8. The molecule has 13 heteroatoms. The van der Waals surface area contributed by atoms with E-state index in [1.54, 1.807) is 0 Å². The summed E-state index contributed by atoms with van der Waals surface area (Å²) in [6.07, 6.45) is 14.5. The topological polar surface area (TPSA) is 128 Å². The summed E-state index contributed by atoms with van der Waals surface area (Å²) in [6, 6.07) is 0. The summed E-state index contributed by atoms with van der Waals surface area (Å²) in [6.45, 7) is 17.2. The Bertz CT molecular complexity index is 657. The minimum atomic E-state index is -0.457. The van der Waals surface area contributed by atoms with Gasteiger partial charge in [-0.15, -0.1) is 0 Å². The molecule has 0 radical (unpaired) electrons. The first-order valence-electron chi connectivity index (χ1n) is 19.0. The van der Waals surface area contributed by atoms with Gasteiger partial charge in [-0.05, 0) is 6.42 Å². The van der Waals surface area contributed by atoms with Crippen molar-refractivity contribution < 1.29 is 61.6 Å². The normalized spacial score (nSPS) is 11.4. The zero-order valence-corrected chi connectivity index (χ0v) is 31.4. The Morgan fingerprint density at radius 2 is 0.560 bits per heavy atom. The number of esters is 1. The predicted octanol–water partition coefficient (Wildman–Crippen LogP) is 4.82. The Kier molecular flexibility index (Phi) is 44.7. The van der Waals surface area contributed by atoms with Crippen molar-refractivity contribution in [3.8, 4) is 0 Å². The van der Waals surface area contributed by atoms with Crippen molar-refractivity contribution in [2.45, 2.75) is 71.1 Å². The zero-order valence-electron chi connectivity index (χ0n) is 31.4. The molecule has 0 heterocycles. The molecule has 0 amide bonds. The Morgan fingerprint density at radius 1 is 0.340 bits per heavy atom. The highest BCUT2D eigenvalue weighted by atomic mass is 16.6. The van der Waals surface area contributed by atoms with Gasteiger partial charge in [-0.1, -0.05) is 71.3 Å². The molecule has 0 aromatic heterocycles. The Balaban J connectivity index is 3.06. The van der Waals surface area contributed by atoms with E-state index >= 15 is 0 Å². The van der Waals surface area contributed by atoms with Crippen molar-refractivity contribution in [3.05, 3.63) is 12.7 Å². The molecule has 0 fully saturated rings. The molecule has 0 aromatic carbocycles. The lowest BCUT2D eigenvalue weighted by atomic mass is 10.1. The smallest absolute Gasteiger partial charge is 0.330 e. The zero-order chi connectivity index (χ0) is 36.1. The van der Waals surface area contributed by atoms with Crippen LogP contribution in [-0.4, -0.2) is 158 Å². The van der Waals surface area contributed by atoms with Crippen molar-refractivity contribution in [2.24, 2.45) is 0 Å². The second-order valence-corrected chi connectivity index (χ2v) is 11.3. The highest BCUT2D eigenvalue weighted by molar-refractivity contribution is 5.81. The molecule has 0 saturated carbocycles. The number of unbranched alkanes of at least 4 members (excludes halogenated alkanes) is 9. The standard InChI is InChI=1S/C37H72O13/c1-3-5-6-7-8-9-10-11-12-13-14-39-15-16-40-17-18-41-19-20-42-21-22-43-23-24-44-25-26-45-27-28-46-29-30-47-31-32-48-33-34-49-35-36-50-37(38)4-2/h4H,2-3,5-36H2,1H3. The van der Waals surface area contributed by atoms with Crippen LogP contribution in [0.2, 0.25) is 0 Å². The van der Waals surface area contributed by atoms with Crippen molar-refractivity contribution >= 4 is 5.97 Å². The third-order valence-electron chi connectivity index (χ3n) is 7.00. The molecule has 0 atom stereocenters. The molecular formula is C37H72O13. The van der Waals surface area contributed by atoms with Crippen LogP contribution < -0.4 is 0 Å². The van der Waals surface area contributed by atoms with Crippen molar-refractivity contribution in [3.63, 3.8) is 0 Å². The van der Waals surface area contributed by atoms with Gasteiger partial charge < -0.3 is 56.8 Å². The van der Waals surface area contributed by atoms with Gasteiger partial charge in [0, 0.05) is 12.7 Å². The van der Waals surface area contributed by atoms with E-state index < -0.39 is 5.97 Å². The van der Waals surface area contributed by atoms with Gasteiger partial charge in [0.1, 0.15) is 6.61 Å². The molecule has 13 nitrogen and oxygen atoms in total. The number of hydrogen-bond donors (Lipinski definition) is 0. The Labute approximate surface area is 303 Å². The van der Waals surface area contributed by atoms with Crippen LogP contribution in [0.5, 0.6) is 0 Å². The molecule has 0 saturated heterocycles. The van der Waals surface area contributed by atoms with Gasteiger partial charge in [0.25, 0.3) is 0 Å². The van der Waals surface area contributed by atoms with E-state index in [0.29, 0.717) is 139 Å². The number of rotatable bonds is 45. The van der Waals surface area contributed by atoms with Crippen LogP contribution in [0, 0.1) is 0 Å². The minimum Gasteiger partial charge on any atom is -0.460 e. The fourth-order valence-corrected chi connectivity index (χ4v) is 4.25. The van der Waals surface area contributed by atoms with Crippen molar-refractivity contribution in [2.75, 3.05) is 152 Å². The molecular weight excluding hydrogens is 652 g/mol. The van der Waals surface area contributed by atoms with Gasteiger partial charge in [0.2, 0.25) is 0 Å². The molecule has 0 aliphatic rings. The maximum absolute atomic E-state index is 10.8. The van der Waals surface area contributed by atoms with Gasteiger partial charge in [0.15, 0.2) is 0 Å². The second kappa shape index (κ2) is 45.8. The number of hydrogen-bond acceptors (Lipinski definition) is 13. The van der Waals surface area contributed by atoms with Crippen LogP contribution in [0.3, 0.4) is 0 Å². The summed E-state index contributed by atoms with van der Waals surface area (Å²) in [5.74, 6) is -0.457. The SMILES string of the molecule is C=CC(=O)OCCOCCOCCOCCOCCOCCOCCOCCOCCOCCOCCOCCCCCCCCCCCC. The highest BCUT2D eigenvalue weighted by Gasteiger charge is 1.98. The summed E-state index contributed by atoms with van der Waals surface area (Å²) < 4.78 is 65.0. The van der Waals surface area contributed by atoms with E-state index in [-0.39, 0.29) is 6.61 Å². The number of ether oxygens (including phenoxy) is 12. The van der Waals surface area contributed by atoms with Gasteiger partial charge in [-0.25, -0.2) is 4.79 Å². The van der Waals surface area contributed by atoms with Crippen LogP contribution in [0.15, 0.2) is 12.7 Å². The summed E-state index contributed by atoms with van der Waals surface area (Å²) in [7, 11) is 0.